The molecule has 0 radical (unpaired) electrons. The van der Waals surface area contributed by atoms with Crippen LogP contribution in [0.15, 0.2) is 24.3 Å². The molecular weight excluding hydrogens is 188 g/mol. The van der Waals surface area contributed by atoms with Crippen LogP contribution >= 0.6 is 0 Å². The van der Waals surface area contributed by atoms with Crippen LogP contribution in [0.1, 0.15) is 30.7 Å². The Kier molecular flexibility index (Phi) is 3.05. The minimum absolute atomic E-state index is 0.250. The third-order valence-corrected chi connectivity index (χ3v) is 3.24. The van der Waals surface area contributed by atoms with E-state index in [2.05, 4.69) is 6.07 Å². The van der Waals surface area contributed by atoms with Crippen molar-refractivity contribution < 1.29 is 9.53 Å². The van der Waals surface area contributed by atoms with Crippen molar-refractivity contribution >= 4 is 6.29 Å². The number of carbonyl (C=O) groups is 1. The van der Waals surface area contributed by atoms with Crippen LogP contribution in [-0.2, 0) is 4.79 Å². The van der Waals surface area contributed by atoms with E-state index < -0.39 is 0 Å². The van der Waals surface area contributed by atoms with Crippen molar-refractivity contribution in [3.8, 4) is 5.75 Å². The first kappa shape index (κ1) is 10.2. The van der Waals surface area contributed by atoms with E-state index in [4.69, 9.17) is 4.74 Å². The van der Waals surface area contributed by atoms with Gasteiger partial charge in [-0.1, -0.05) is 18.2 Å². The van der Waals surface area contributed by atoms with E-state index in [1.54, 1.807) is 7.11 Å². The van der Waals surface area contributed by atoms with Gasteiger partial charge in [0.05, 0.1) is 7.11 Å². The molecule has 2 rings (SSSR count). The van der Waals surface area contributed by atoms with Crippen molar-refractivity contribution in [3.63, 3.8) is 0 Å². The minimum atomic E-state index is 0.250. The maximum Gasteiger partial charge on any atom is 0.123 e. The average Bonchev–Trinajstić information content (AvgIpc) is 2.77. The number of hydrogen-bond donors (Lipinski definition) is 0. The summed E-state index contributed by atoms with van der Waals surface area (Å²) < 4.78 is 5.34. The number of hydrogen-bond acceptors (Lipinski definition) is 2. The molecule has 0 N–H and O–H groups in total. The maximum atomic E-state index is 10.7. The quantitative estimate of drug-likeness (QED) is 0.708. The Balaban J connectivity index is 2.19. The van der Waals surface area contributed by atoms with E-state index in [-0.39, 0.29) is 5.92 Å². The number of ether oxygens (including phenoxy) is 1. The summed E-state index contributed by atoms with van der Waals surface area (Å²) in [7, 11) is 1.70. The van der Waals surface area contributed by atoms with Gasteiger partial charge >= 0.3 is 0 Å². The summed E-state index contributed by atoms with van der Waals surface area (Å²) >= 11 is 0. The average molecular weight is 204 g/mol. The highest BCUT2D eigenvalue weighted by Crippen LogP contribution is 2.40. The molecule has 0 spiro atoms. The van der Waals surface area contributed by atoms with Gasteiger partial charge in [0, 0.05) is 5.92 Å². The first-order valence-corrected chi connectivity index (χ1v) is 5.43. The van der Waals surface area contributed by atoms with Gasteiger partial charge in [0.15, 0.2) is 0 Å². The first-order valence-electron chi connectivity index (χ1n) is 5.43. The van der Waals surface area contributed by atoms with Gasteiger partial charge in [-0.05, 0) is 36.8 Å². The molecule has 0 heterocycles. The fourth-order valence-corrected chi connectivity index (χ4v) is 2.43. The molecule has 0 unspecified atom stereocenters. The summed E-state index contributed by atoms with van der Waals surface area (Å²) in [5, 5.41) is 0. The third-order valence-electron chi connectivity index (χ3n) is 3.24. The Labute approximate surface area is 90.3 Å². The Morgan fingerprint density at radius 2 is 2.13 bits per heavy atom. The standard InChI is InChI=1S/C13H16O2/c1-15-13-5-3-2-4-12(13)11-7-6-10(8-11)9-14/h2-5,9-11H,6-8H2,1H3/t10-,11-/m1/s1. The van der Waals surface area contributed by atoms with Crippen LogP contribution in [0.25, 0.3) is 0 Å². The van der Waals surface area contributed by atoms with Crippen LogP contribution in [0.3, 0.4) is 0 Å². The summed E-state index contributed by atoms with van der Waals surface area (Å²) in [6.45, 7) is 0. The van der Waals surface area contributed by atoms with Gasteiger partial charge in [-0.2, -0.15) is 0 Å². The molecule has 0 aliphatic heterocycles. The van der Waals surface area contributed by atoms with Crippen molar-refractivity contribution in [2.45, 2.75) is 25.2 Å². The van der Waals surface area contributed by atoms with Gasteiger partial charge in [0.25, 0.3) is 0 Å². The van der Waals surface area contributed by atoms with Crippen molar-refractivity contribution in [1.82, 2.24) is 0 Å². The number of aldehydes is 1. The monoisotopic (exact) mass is 204 g/mol. The zero-order valence-electron chi connectivity index (χ0n) is 8.98. The Morgan fingerprint density at radius 3 is 2.80 bits per heavy atom. The lowest BCUT2D eigenvalue weighted by Gasteiger charge is -2.13. The topological polar surface area (TPSA) is 26.3 Å². The molecule has 0 amide bonds. The molecule has 2 atom stereocenters. The lowest BCUT2D eigenvalue weighted by Crippen LogP contribution is -1.99. The predicted octanol–water partition coefficient (Wildman–Crippen LogP) is 2.78. The predicted molar refractivity (Wildman–Crippen MR) is 59.1 cm³/mol. The molecule has 1 aromatic carbocycles. The second-order valence-corrected chi connectivity index (χ2v) is 4.15. The molecule has 2 heteroatoms. The smallest absolute Gasteiger partial charge is 0.123 e. The van der Waals surface area contributed by atoms with Gasteiger partial charge in [0.1, 0.15) is 12.0 Å². The van der Waals surface area contributed by atoms with Crippen LogP contribution < -0.4 is 4.74 Å². The van der Waals surface area contributed by atoms with Gasteiger partial charge < -0.3 is 9.53 Å². The Hall–Kier alpha value is -1.31. The van der Waals surface area contributed by atoms with Crippen molar-refractivity contribution in [2.24, 2.45) is 5.92 Å². The number of methoxy groups -OCH3 is 1. The fourth-order valence-electron chi connectivity index (χ4n) is 2.43. The summed E-state index contributed by atoms with van der Waals surface area (Å²) in [5.41, 5.74) is 1.25. The normalized spacial score (nSPS) is 25.1. The molecule has 1 saturated carbocycles. The van der Waals surface area contributed by atoms with Gasteiger partial charge in [-0.25, -0.2) is 0 Å². The maximum absolute atomic E-state index is 10.7. The van der Waals surface area contributed by atoms with E-state index in [0.717, 1.165) is 31.3 Å². The summed E-state index contributed by atoms with van der Waals surface area (Å²) in [6, 6.07) is 8.11. The second kappa shape index (κ2) is 4.47. The lowest BCUT2D eigenvalue weighted by molar-refractivity contribution is -0.110. The van der Waals surface area contributed by atoms with Crippen LogP contribution in [-0.4, -0.2) is 13.4 Å². The zero-order valence-corrected chi connectivity index (χ0v) is 8.98. The van der Waals surface area contributed by atoms with E-state index >= 15 is 0 Å². The molecule has 1 fully saturated rings. The van der Waals surface area contributed by atoms with Gasteiger partial charge in [0.2, 0.25) is 0 Å². The fraction of sp³-hybridized carbons (Fsp3) is 0.462. The molecular formula is C13H16O2. The van der Waals surface area contributed by atoms with Gasteiger partial charge in [-0.3, -0.25) is 0 Å². The molecule has 80 valence electrons. The lowest BCUT2D eigenvalue weighted by atomic mass is 9.96. The molecule has 1 aliphatic carbocycles. The molecule has 15 heavy (non-hydrogen) atoms. The van der Waals surface area contributed by atoms with Gasteiger partial charge in [-0.15, -0.1) is 0 Å². The summed E-state index contributed by atoms with van der Waals surface area (Å²) in [6.07, 6.45) is 4.19. The minimum Gasteiger partial charge on any atom is -0.496 e. The van der Waals surface area contributed by atoms with E-state index in [1.165, 1.54) is 5.56 Å². The summed E-state index contributed by atoms with van der Waals surface area (Å²) in [4.78, 5) is 10.7. The molecule has 2 nitrogen and oxygen atoms in total. The Morgan fingerprint density at radius 1 is 1.33 bits per heavy atom. The van der Waals surface area contributed by atoms with Crippen molar-refractivity contribution in [2.75, 3.05) is 7.11 Å². The van der Waals surface area contributed by atoms with E-state index in [0.29, 0.717) is 5.92 Å². The van der Waals surface area contributed by atoms with Crippen LogP contribution in [0.5, 0.6) is 5.75 Å². The summed E-state index contributed by atoms with van der Waals surface area (Å²) in [5.74, 6) is 1.70. The molecule has 1 aliphatic rings. The number of para-hydroxylation sites is 1. The number of carbonyl (C=O) groups excluding carboxylic acids is 1. The van der Waals surface area contributed by atoms with Crippen LogP contribution in [0, 0.1) is 5.92 Å². The highest BCUT2D eigenvalue weighted by molar-refractivity contribution is 5.54. The molecule has 0 saturated heterocycles. The van der Waals surface area contributed by atoms with E-state index in [1.807, 2.05) is 18.2 Å². The first-order chi connectivity index (χ1) is 7.35. The second-order valence-electron chi connectivity index (χ2n) is 4.15. The zero-order chi connectivity index (χ0) is 10.7. The highest BCUT2D eigenvalue weighted by atomic mass is 16.5. The van der Waals surface area contributed by atoms with Crippen molar-refractivity contribution in [1.29, 1.82) is 0 Å². The van der Waals surface area contributed by atoms with Crippen LogP contribution in [0.4, 0.5) is 0 Å². The largest absolute Gasteiger partial charge is 0.496 e. The molecule has 0 bridgehead atoms. The number of rotatable bonds is 3. The SMILES string of the molecule is COc1ccccc1[C@@H]1CC[C@@H](C=O)C1. The highest BCUT2D eigenvalue weighted by Gasteiger charge is 2.27. The van der Waals surface area contributed by atoms with Crippen molar-refractivity contribution in [3.05, 3.63) is 29.8 Å². The van der Waals surface area contributed by atoms with E-state index in [9.17, 15) is 4.79 Å². The van der Waals surface area contributed by atoms with Crippen LogP contribution in [0.2, 0.25) is 0 Å². The Bertz CT molecular complexity index is 346. The molecule has 0 aromatic heterocycles. The molecule has 1 aromatic rings. The third kappa shape index (κ3) is 2.04. The number of benzene rings is 1.